The van der Waals surface area contributed by atoms with E-state index in [1.54, 1.807) is 0 Å². The van der Waals surface area contributed by atoms with E-state index in [2.05, 4.69) is 4.90 Å². The number of nitrogens with two attached hydrogens (primary N) is 1. The van der Waals surface area contributed by atoms with Gasteiger partial charge in [-0.25, -0.2) is 0 Å². The highest BCUT2D eigenvalue weighted by molar-refractivity contribution is 5.79. The number of piperidine rings is 1. The maximum atomic E-state index is 12.6. The molecule has 3 nitrogen and oxygen atoms in total. The first-order valence-corrected chi connectivity index (χ1v) is 7.76. The number of hydrogen-bond donors (Lipinski definition) is 1. The van der Waals surface area contributed by atoms with Crippen molar-refractivity contribution in [3.05, 3.63) is 0 Å². The summed E-state index contributed by atoms with van der Waals surface area (Å²) in [5.41, 5.74) is 5.65. The number of nitrogens with zero attached hydrogens (tertiary/aromatic N) is 1. The molecular weight excluding hydrogens is 224 g/mol. The minimum atomic E-state index is 0.375. The molecule has 102 valence electrons. The summed E-state index contributed by atoms with van der Waals surface area (Å²) in [7, 11) is 0. The summed E-state index contributed by atoms with van der Waals surface area (Å²) in [6.45, 7) is 2.73. The molecule has 2 aliphatic carbocycles. The molecule has 0 aromatic heterocycles. The molecule has 3 aliphatic rings. The molecule has 0 radical (unpaired) electrons. The molecule has 2 bridgehead atoms. The van der Waals surface area contributed by atoms with Crippen LogP contribution in [0.5, 0.6) is 0 Å². The molecule has 18 heavy (non-hydrogen) atoms. The summed E-state index contributed by atoms with van der Waals surface area (Å²) >= 11 is 0. The molecule has 3 fully saturated rings. The zero-order valence-corrected chi connectivity index (χ0v) is 11.3. The van der Waals surface area contributed by atoms with Gasteiger partial charge in [0.2, 0.25) is 5.91 Å². The van der Waals surface area contributed by atoms with E-state index in [1.807, 2.05) is 0 Å². The van der Waals surface area contributed by atoms with Gasteiger partial charge in [0.15, 0.2) is 0 Å². The smallest absolute Gasteiger partial charge is 0.225 e. The lowest BCUT2D eigenvalue weighted by atomic mass is 9.86. The van der Waals surface area contributed by atoms with Gasteiger partial charge in [-0.1, -0.05) is 6.42 Å². The third kappa shape index (κ3) is 2.29. The summed E-state index contributed by atoms with van der Waals surface area (Å²) in [4.78, 5) is 14.8. The Bertz CT molecular complexity index is 316. The lowest BCUT2D eigenvalue weighted by molar-refractivity contribution is -0.139. The molecule has 1 saturated heterocycles. The van der Waals surface area contributed by atoms with Gasteiger partial charge < -0.3 is 10.6 Å². The summed E-state index contributed by atoms with van der Waals surface area (Å²) in [5, 5.41) is 0. The molecular formula is C15H26N2O. The number of amides is 1. The number of fused-ring (bicyclic) bond motifs is 2. The van der Waals surface area contributed by atoms with Crippen molar-refractivity contribution < 1.29 is 4.79 Å². The minimum Gasteiger partial charge on any atom is -0.342 e. The van der Waals surface area contributed by atoms with Crippen molar-refractivity contribution in [2.24, 2.45) is 29.4 Å². The molecule has 1 aliphatic heterocycles. The van der Waals surface area contributed by atoms with E-state index < -0.39 is 0 Å². The fourth-order valence-corrected chi connectivity index (χ4v) is 4.52. The van der Waals surface area contributed by atoms with Crippen LogP contribution in [0.15, 0.2) is 0 Å². The molecule has 2 saturated carbocycles. The lowest BCUT2D eigenvalue weighted by Crippen LogP contribution is -2.44. The zero-order chi connectivity index (χ0) is 12.5. The molecule has 4 unspecified atom stereocenters. The predicted molar refractivity (Wildman–Crippen MR) is 71.9 cm³/mol. The van der Waals surface area contributed by atoms with Crippen LogP contribution in [0.3, 0.4) is 0 Å². The Kier molecular flexibility index (Phi) is 3.60. The fraction of sp³-hybridized carbons (Fsp3) is 0.933. The van der Waals surface area contributed by atoms with Crippen LogP contribution in [-0.2, 0) is 4.79 Å². The highest BCUT2D eigenvalue weighted by atomic mass is 16.2. The normalized spacial score (nSPS) is 39.3. The van der Waals surface area contributed by atoms with Gasteiger partial charge in [0.25, 0.3) is 0 Å². The van der Waals surface area contributed by atoms with E-state index in [0.717, 1.165) is 37.9 Å². The number of carbonyl (C=O) groups is 1. The Balaban J connectivity index is 1.58. The van der Waals surface area contributed by atoms with Crippen LogP contribution in [0.4, 0.5) is 0 Å². The van der Waals surface area contributed by atoms with Gasteiger partial charge in [-0.2, -0.15) is 0 Å². The second kappa shape index (κ2) is 5.20. The van der Waals surface area contributed by atoms with E-state index in [0.29, 0.717) is 17.7 Å². The Hall–Kier alpha value is -0.570. The third-order valence-corrected chi connectivity index (χ3v) is 5.46. The van der Waals surface area contributed by atoms with Gasteiger partial charge >= 0.3 is 0 Å². The molecule has 0 aromatic rings. The van der Waals surface area contributed by atoms with E-state index in [9.17, 15) is 4.79 Å². The quantitative estimate of drug-likeness (QED) is 0.833. The zero-order valence-electron chi connectivity index (χ0n) is 11.3. The average molecular weight is 250 g/mol. The van der Waals surface area contributed by atoms with Crippen molar-refractivity contribution >= 4 is 5.91 Å². The van der Waals surface area contributed by atoms with Crippen LogP contribution in [-0.4, -0.2) is 30.4 Å². The number of carbonyl (C=O) groups excluding carboxylic acids is 1. The van der Waals surface area contributed by atoms with Crippen LogP contribution in [0.25, 0.3) is 0 Å². The third-order valence-electron chi connectivity index (χ3n) is 5.46. The Morgan fingerprint density at radius 3 is 2.78 bits per heavy atom. The molecule has 3 heteroatoms. The molecule has 1 heterocycles. The van der Waals surface area contributed by atoms with Crippen LogP contribution >= 0.6 is 0 Å². The van der Waals surface area contributed by atoms with E-state index in [-0.39, 0.29) is 0 Å². The minimum absolute atomic E-state index is 0.375. The Morgan fingerprint density at radius 1 is 1.22 bits per heavy atom. The van der Waals surface area contributed by atoms with Gasteiger partial charge in [-0.05, 0) is 62.8 Å². The highest BCUT2D eigenvalue weighted by Crippen LogP contribution is 2.49. The molecule has 0 aromatic carbocycles. The Labute approximate surface area is 110 Å². The van der Waals surface area contributed by atoms with Crippen molar-refractivity contribution in [1.29, 1.82) is 0 Å². The summed E-state index contributed by atoms with van der Waals surface area (Å²) in [5.74, 6) is 3.10. The van der Waals surface area contributed by atoms with Crippen LogP contribution in [0.1, 0.15) is 44.9 Å². The van der Waals surface area contributed by atoms with Crippen molar-refractivity contribution in [3.63, 3.8) is 0 Å². The molecule has 1 amide bonds. The van der Waals surface area contributed by atoms with E-state index in [4.69, 9.17) is 5.73 Å². The highest BCUT2D eigenvalue weighted by Gasteiger charge is 2.44. The molecule has 2 N–H and O–H groups in total. The summed E-state index contributed by atoms with van der Waals surface area (Å²) in [6.07, 6.45) is 8.72. The van der Waals surface area contributed by atoms with Crippen molar-refractivity contribution in [3.8, 4) is 0 Å². The topological polar surface area (TPSA) is 46.3 Å². The summed E-state index contributed by atoms with van der Waals surface area (Å²) < 4.78 is 0. The number of likely N-dealkylation sites (tertiary alicyclic amines) is 1. The van der Waals surface area contributed by atoms with Crippen LogP contribution in [0, 0.1) is 23.7 Å². The van der Waals surface area contributed by atoms with Gasteiger partial charge in [0.05, 0.1) is 0 Å². The monoisotopic (exact) mass is 250 g/mol. The lowest BCUT2D eigenvalue weighted by Gasteiger charge is -2.36. The van der Waals surface area contributed by atoms with E-state index in [1.165, 1.54) is 38.5 Å². The van der Waals surface area contributed by atoms with E-state index >= 15 is 0 Å². The second-order valence-electron chi connectivity index (χ2n) is 6.65. The van der Waals surface area contributed by atoms with Gasteiger partial charge in [-0.15, -0.1) is 0 Å². The maximum absolute atomic E-state index is 12.6. The van der Waals surface area contributed by atoms with Gasteiger partial charge in [-0.3, -0.25) is 4.79 Å². The van der Waals surface area contributed by atoms with Crippen molar-refractivity contribution in [1.82, 2.24) is 4.90 Å². The first-order valence-electron chi connectivity index (χ1n) is 7.76. The van der Waals surface area contributed by atoms with Gasteiger partial charge in [0, 0.05) is 19.0 Å². The molecule has 3 rings (SSSR count). The largest absolute Gasteiger partial charge is 0.342 e. The first-order chi connectivity index (χ1) is 8.78. The van der Waals surface area contributed by atoms with Crippen molar-refractivity contribution in [2.45, 2.75) is 44.9 Å². The summed E-state index contributed by atoms with van der Waals surface area (Å²) in [6, 6.07) is 0. The number of rotatable bonds is 3. The van der Waals surface area contributed by atoms with Crippen molar-refractivity contribution in [2.75, 3.05) is 19.6 Å². The second-order valence-corrected chi connectivity index (χ2v) is 6.65. The van der Waals surface area contributed by atoms with Gasteiger partial charge in [0.1, 0.15) is 0 Å². The average Bonchev–Trinajstić information content (AvgIpc) is 3.01. The molecule has 4 atom stereocenters. The maximum Gasteiger partial charge on any atom is 0.225 e. The predicted octanol–water partition coefficient (Wildman–Crippen LogP) is 2.01. The van der Waals surface area contributed by atoms with Crippen LogP contribution in [0.2, 0.25) is 0 Å². The molecule has 0 spiro atoms. The first kappa shape index (κ1) is 12.5. The fourth-order valence-electron chi connectivity index (χ4n) is 4.52. The SMILES string of the molecule is NCCC1CCCN(C(=O)C2CC3CCC2C3)C1. The number of hydrogen-bond acceptors (Lipinski definition) is 2. The Morgan fingerprint density at radius 2 is 2.11 bits per heavy atom. The van der Waals surface area contributed by atoms with Crippen LogP contribution < -0.4 is 5.73 Å². The standard InChI is InChI=1S/C15H26N2O/c16-6-5-11-2-1-7-17(10-11)15(18)14-9-12-3-4-13(14)8-12/h11-14H,1-10,16H2.